The van der Waals surface area contributed by atoms with Crippen molar-refractivity contribution in [3.8, 4) is 5.88 Å². The van der Waals surface area contributed by atoms with E-state index in [9.17, 15) is 0 Å². The number of nitrogens with zero attached hydrogens (tertiary/aromatic N) is 1. The zero-order chi connectivity index (χ0) is 14.7. The molecule has 1 unspecified atom stereocenters. The number of benzene rings is 1. The summed E-state index contributed by atoms with van der Waals surface area (Å²) >= 11 is 0. The van der Waals surface area contributed by atoms with Crippen molar-refractivity contribution in [2.24, 2.45) is 5.73 Å². The lowest BCUT2D eigenvalue weighted by Crippen LogP contribution is -2.16. The Morgan fingerprint density at radius 3 is 2.95 bits per heavy atom. The van der Waals surface area contributed by atoms with Crippen LogP contribution in [0.2, 0.25) is 0 Å². The molecule has 0 amide bonds. The lowest BCUT2D eigenvalue weighted by Gasteiger charge is -2.26. The molecule has 21 heavy (non-hydrogen) atoms. The first-order valence-electron chi connectivity index (χ1n) is 7.74. The van der Waals surface area contributed by atoms with Gasteiger partial charge in [-0.25, -0.2) is 4.98 Å². The molecule has 0 aliphatic heterocycles. The molecule has 0 fully saturated rings. The maximum atomic E-state index is 6.20. The van der Waals surface area contributed by atoms with Gasteiger partial charge in [0.15, 0.2) is 0 Å². The smallest absolute Gasteiger partial charge is 0.214 e. The zero-order valence-corrected chi connectivity index (χ0v) is 12.5. The Morgan fingerprint density at radius 2 is 2.14 bits per heavy atom. The summed E-state index contributed by atoms with van der Waals surface area (Å²) in [5, 5.41) is 0. The van der Waals surface area contributed by atoms with Crippen LogP contribution in [0.3, 0.4) is 0 Å². The van der Waals surface area contributed by atoms with Crippen LogP contribution < -0.4 is 10.5 Å². The van der Waals surface area contributed by atoms with E-state index in [0.29, 0.717) is 12.4 Å². The van der Waals surface area contributed by atoms with Crippen LogP contribution in [0.4, 0.5) is 0 Å². The van der Waals surface area contributed by atoms with Crippen molar-refractivity contribution in [2.45, 2.75) is 45.3 Å². The highest BCUT2D eigenvalue weighted by molar-refractivity contribution is 5.33. The van der Waals surface area contributed by atoms with E-state index in [1.54, 1.807) is 0 Å². The SMILES string of the molecule is CCc1cc(CN)cc(OC2CCCc3ccccc32)n1. The van der Waals surface area contributed by atoms with Crippen LogP contribution >= 0.6 is 0 Å². The Bertz CT molecular complexity index is 602. The summed E-state index contributed by atoms with van der Waals surface area (Å²) in [6.07, 6.45) is 4.37. The van der Waals surface area contributed by atoms with Crippen LogP contribution in [0, 0.1) is 0 Å². The van der Waals surface area contributed by atoms with Crippen molar-refractivity contribution in [1.82, 2.24) is 4.98 Å². The molecule has 0 saturated carbocycles. The number of nitrogens with two attached hydrogens (primary N) is 1. The van der Waals surface area contributed by atoms with Crippen molar-refractivity contribution in [3.05, 3.63) is 58.8 Å². The van der Waals surface area contributed by atoms with Crippen molar-refractivity contribution in [2.75, 3.05) is 0 Å². The van der Waals surface area contributed by atoms with E-state index < -0.39 is 0 Å². The summed E-state index contributed by atoms with van der Waals surface area (Å²) in [6, 6.07) is 12.6. The second-order valence-electron chi connectivity index (χ2n) is 5.56. The molecule has 1 atom stereocenters. The molecule has 3 rings (SSSR count). The number of fused-ring (bicyclic) bond motifs is 1. The van der Waals surface area contributed by atoms with Crippen LogP contribution in [0.1, 0.15) is 48.3 Å². The fourth-order valence-electron chi connectivity index (χ4n) is 2.96. The number of ether oxygens (including phenoxy) is 1. The predicted octanol–water partition coefficient (Wildman–Crippen LogP) is 3.56. The van der Waals surface area contributed by atoms with E-state index in [2.05, 4.69) is 42.2 Å². The fourth-order valence-corrected chi connectivity index (χ4v) is 2.96. The maximum absolute atomic E-state index is 6.20. The first-order chi connectivity index (χ1) is 10.3. The van der Waals surface area contributed by atoms with Gasteiger partial charge in [0.1, 0.15) is 6.10 Å². The molecule has 0 spiro atoms. The molecular formula is C18H22N2O. The molecule has 1 heterocycles. The minimum atomic E-state index is 0.111. The molecule has 1 aliphatic rings. The summed E-state index contributed by atoms with van der Waals surface area (Å²) in [4.78, 5) is 4.59. The number of hydrogen-bond donors (Lipinski definition) is 1. The maximum Gasteiger partial charge on any atom is 0.214 e. The molecule has 1 aromatic carbocycles. The van der Waals surface area contributed by atoms with E-state index in [0.717, 1.165) is 30.5 Å². The number of pyridine rings is 1. The highest BCUT2D eigenvalue weighted by Crippen LogP contribution is 2.33. The highest BCUT2D eigenvalue weighted by Gasteiger charge is 2.21. The first-order valence-corrected chi connectivity index (χ1v) is 7.74. The van der Waals surface area contributed by atoms with Gasteiger partial charge in [-0.1, -0.05) is 31.2 Å². The molecular weight excluding hydrogens is 260 g/mol. The number of rotatable bonds is 4. The van der Waals surface area contributed by atoms with Crippen LogP contribution in [-0.4, -0.2) is 4.98 Å². The van der Waals surface area contributed by atoms with Crippen LogP contribution in [0.15, 0.2) is 36.4 Å². The Balaban J connectivity index is 1.87. The van der Waals surface area contributed by atoms with E-state index in [4.69, 9.17) is 10.5 Å². The van der Waals surface area contributed by atoms with Gasteiger partial charge in [0.05, 0.1) is 0 Å². The van der Waals surface area contributed by atoms with Crippen molar-refractivity contribution < 1.29 is 4.74 Å². The molecule has 0 saturated heterocycles. The van der Waals surface area contributed by atoms with Crippen LogP contribution in [0.5, 0.6) is 5.88 Å². The molecule has 1 aromatic heterocycles. The van der Waals surface area contributed by atoms with Gasteiger partial charge < -0.3 is 10.5 Å². The third kappa shape index (κ3) is 3.08. The Kier molecular flexibility index (Phi) is 4.20. The summed E-state index contributed by atoms with van der Waals surface area (Å²) in [5.74, 6) is 0.705. The summed E-state index contributed by atoms with van der Waals surface area (Å²) < 4.78 is 6.20. The van der Waals surface area contributed by atoms with Gasteiger partial charge in [-0.2, -0.15) is 0 Å². The van der Waals surface area contributed by atoms with Crippen molar-refractivity contribution >= 4 is 0 Å². The summed E-state index contributed by atoms with van der Waals surface area (Å²) in [7, 11) is 0. The topological polar surface area (TPSA) is 48.1 Å². The summed E-state index contributed by atoms with van der Waals surface area (Å²) in [5.41, 5.74) is 10.6. The molecule has 0 radical (unpaired) electrons. The van der Waals surface area contributed by atoms with Crippen molar-refractivity contribution in [3.63, 3.8) is 0 Å². The lowest BCUT2D eigenvalue weighted by molar-refractivity contribution is 0.175. The van der Waals surface area contributed by atoms with Gasteiger partial charge in [-0.3, -0.25) is 0 Å². The zero-order valence-electron chi connectivity index (χ0n) is 12.5. The Labute approximate surface area is 126 Å². The van der Waals surface area contributed by atoms with Crippen molar-refractivity contribution in [1.29, 1.82) is 0 Å². The average molecular weight is 282 g/mol. The van der Waals surface area contributed by atoms with Gasteiger partial charge >= 0.3 is 0 Å². The molecule has 2 aromatic rings. The third-order valence-corrected chi connectivity index (χ3v) is 4.09. The number of aromatic nitrogens is 1. The number of aryl methyl sites for hydroxylation is 2. The normalized spacial score (nSPS) is 17.3. The van der Waals surface area contributed by atoms with Crippen LogP contribution in [0.25, 0.3) is 0 Å². The first kappa shape index (κ1) is 14.1. The average Bonchev–Trinajstić information content (AvgIpc) is 2.55. The summed E-state index contributed by atoms with van der Waals surface area (Å²) in [6.45, 7) is 2.62. The highest BCUT2D eigenvalue weighted by atomic mass is 16.5. The molecule has 2 N–H and O–H groups in total. The van der Waals surface area contributed by atoms with Gasteiger partial charge in [0.2, 0.25) is 5.88 Å². The van der Waals surface area contributed by atoms with Gasteiger partial charge in [-0.15, -0.1) is 0 Å². The fraction of sp³-hybridized carbons (Fsp3) is 0.389. The second-order valence-corrected chi connectivity index (χ2v) is 5.56. The molecule has 3 nitrogen and oxygen atoms in total. The predicted molar refractivity (Wildman–Crippen MR) is 84.3 cm³/mol. The van der Waals surface area contributed by atoms with Gasteiger partial charge in [-0.05, 0) is 48.4 Å². The molecule has 3 heteroatoms. The van der Waals surface area contributed by atoms with Gasteiger partial charge in [0.25, 0.3) is 0 Å². The number of hydrogen-bond acceptors (Lipinski definition) is 3. The van der Waals surface area contributed by atoms with Gasteiger partial charge in [0, 0.05) is 18.3 Å². The minimum Gasteiger partial charge on any atom is -0.469 e. The monoisotopic (exact) mass is 282 g/mol. The van der Waals surface area contributed by atoms with E-state index in [1.165, 1.54) is 17.5 Å². The molecule has 1 aliphatic carbocycles. The van der Waals surface area contributed by atoms with Crippen LogP contribution in [-0.2, 0) is 19.4 Å². The largest absolute Gasteiger partial charge is 0.469 e. The third-order valence-electron chi connectivity index (χ3n) is 4.09. The Hall–Kier alpha value is -1.87. The Morgan fingerprint density at radius 1 is 1.29 bits per heavy atom. The van der Waals surface area contributed by atoms with E-state index in [-0.39, 0.29) is 6.10 Å². The molecule has 110 valence electrons. The molecule has 0 bridgehead atoms. The second kappa shape index (κ2) is 6.27. The quantitative estimate of drug-likeness (QED) is 0.932. The minimum absolute atomic E-state index is 0.111. The van der Waals surface area contributed by atoms with E-state index in [1.807, 2.05) is 6.07 Å². The lowest BCUT2D eigenvalue weighted by atomic mass is 9.89. The standard InChI is InChI=1S/C18H22N2O/c1-2-15-10-13(12-19)11-18(20-15)21-17-9-5-7-14-6-3-4-8-16(14)17/h3-4,6,8,10-11,17H,2,5,7,9,12,19H2,1H3. The van der Waals surface area contributed by atoms with E-state index >= 15 is 0 Å².